The van der Waals surface area contributed by atoms with E-state index in [0.29, 0.717) is 11.5 Å². The predicted molar refractivity (Wildman–Crippen MR) is 79.6 cm³/mol. The van der Waals surface area contributed by atoms with E-state index >= 15 is 0 Å². The van der Waals surface area contributed by atoms with Crippen molar-refractivity contribution in [2.45, 2.75) is 6.61 Å². The van der Waals surface area contributed by atoms with Crippen molar-refractivity contribution in [3.63, 3.8) is 0 Å². The Kier molecular flexibility index (Phi) is 4.53. The van der Waals surface area contributed by atoms with Crippen LogP contribution in [0.1, 0.15) is 11.1 Å². The summed E-state index contributed by atoms with van der Waals surface area (Å²) in [5.41, 5.74) is 6.47. The Bertz CT molecular complexity index is 631. The first kappa shape index (κ1) is 14.3. The predicted octanol–water partition coefficient (Wildman–Crippen LogP) is 3.05. The maximum Gasteiger partial charge on any atom is 0.161 e. The lowest BCUT2D eigenvalue weighted by Gasteiger charge is -2.11. The van der Waals surface area contributed by atoms with Gasteiger partial charge in [-0.05, 0) is 29.8 Å². The summed E-state index contributed by atoms with van der Waals surface area (Å²) in [4.78, 5) is 0.0293. The molecule has 0 aliphatic heterocycles. The standard InChI is InChI=1S/C15H14FNO2S/c1-18-13-4-2-3-5-14(13)19-9-10-6-7-12(16)11(8-10)15(17)20/h2-8H,9H2,1H3,(H2,17,20). The van der Waals surface area contributed by atoms with Crippen molar-refractivity contribution in [3.8, 4) is 11.5 Å². The minimum atomic E-state index is -0.432. The Morgan fingerprint density at radius 2 is 1.90 bits per heavy atom. The first-order valence-corrected chi connectivity index (χ1v) is 6.36. The van der Waals surface area contributed by atoms with Crippen LogP contribution < -0.4 is 15.2 Å². The van der Waals surface area contributed by atoms with Crippen LogP contribution in [0.2, 0.25) is 0 Å². The molecule has 0 aliphatic carbocycles. The zero-order valence-electron chi connectivity index (χ0n) is 10.9. The summed E-state index contributed by atoms with van der Waals surface area (Å²) in [7, 11) is 1.57. The number of hydrogen-bond acceptors (Lipinski definition) is 3. The molecule has 0 heterocycles. The zero-order chi connectivity index (χ0) is 14.5. The van der Waals surface area contributed by atoms with E-state index in [1.807, 2.05) is 12.1 Å². The fourth-order valence-electron chi connectivity index (χ4n) is 1.75. The molecule has 3 nitrogen and oxygen atoms in total. The monoisotopic (exact) mass is 291 g/mol. The Balaban J connectivity index is 2.15. The molecule has 2 N–H and O–H groups in total. The summed E-state index contributed by atoms with van der Waals surface area (Å²) in [5.74, 6) is 0.832. The summed E-state index contributed by atoms with van der Waals surface area (Å²) in [6, 6.07) is 11.9. The molecule has 5 heteroatoms. The van der Waals surface area contributed by atoms with Crippen LogP contribution in [0.15, 0.2) is 42.5 Å². The van der Waals surface area contributed by atoms with Gasteiger partial charge < -0.3 is 15.2 Å². The van der Waals surface area contributed by atoms with E-state index in [-0.39, 0.29) is 17.2 Å². The number of thiocarbonyl (C=S) groups is 1. The van der Waals surface area contributed by atoms with Crippen molar-refractivity contribution in [1.29, 1.82) is 0 Å². The molecular weight excluding hydrogens is 277 g/mol. The lowest BCUT2D eigenvalue weighted by Crippen LogP contribution is -2.12. The molecule has 0 bridgehead atoms. The van der Waals surface area contributed by atoms with Gasteiger partial charge in [-0.2, -0.15) is 0 Å². The molecule has 0 aromatic heterocycles. The van der Waals surface area contributed by atoms with E-state index in [4.69, 9.17) is 27.4 Å². The van der Waals surface area contributed by atoms with Crippen LogP contribution in [-0.4, -0.2) is 12.1 Å². The van der Waals surface area contributed by atoms with Crippen LogP contribution in [0.4, 0.5) is 4.39 Å². The van der Waals surface area contributed by atoms with Crippen LogP contribution in [0.3, 0.4) is 0 Å². The largest absolute Gasteiger partial charge is 0.493 e. The molecule has 2 rings (SSSR count). The Morgan fingerprint density at radius 3 is 2.55 bits per heavy atom. The summed E-state index contributed by atoms with van der Waals surface area (Å²) >= 11 is 4.80. The fraction of sp³-hybridized carbons (Fsp3) is 0.133. The molecule has 0 spiro atoms. The number of hydrogen-bond donors (Lipinski definition) is 1. The molecule has 0 saturated carbocycles. The van der Waals surface area contributed by atoms with Gasteiger partial charge in [-0.3, -0.25) is 0 Å². The Hall–Kier alpha value is -2.14. The molecule has 0 aliphatic rings. The highest BCUT2D eigenvalue weighted by Crippen LogP contribution is 2.26. The molecule has 2 aromatic carbocycles. The fourth-order valence-corrected chi connectivity index (χ4v) is 1.91. The summed E-state index contributed by atoms with van der Waals surface area (Å²) in [5, 5.41) is 0. The number of ether oxygens (including phenoxy) is 2. The van der Waals surface area contributed by atoms with Crippen LogP contribution in [0.5, 0.6) is 11.5 Å². The van der Waals surface area contributed by atoms with Gasteiger partial charge in [-0.15, -0.1) is 0 Å². The van der Waals surface area contributed by atoms with E-state index in [9.17, 15) is 4.39 Å². The van der Waals surface area contributed by atoms with Gasteiger partial charge in [-0.25, -0.2) is 4.39 Å². The molecule has 0 atom stereocenters. The number of rotatable bonds is 5. The summed E-state index contributed by atoms with van der Waals surface area (Å²) in [6.07, 6.45) is 0. The van der Waals surface area contributed by atoms with Crippen molar-refractivity contribution in [3.05, 3.63) is 59.4 Å². The normalized spacial score (nSPS) is 10.1. The SMILES string of the molecule is COc1ccccc1OCc1ccc(F)c(C(N)=S)c1. The number of methoxy groups -OCH3 is 1. The highest BCUT2D eigenvalue weighted by Gasteiger charge is 2.08. The molecule has 0 unspecified atom stereocenters. The minimum Gasteiger partial charge on any atom is -0.493 e. The van der Waals surface area contributed by atoms with Crippen molar-refractivity contribution in [2.24, 2.45) is 5.73 Å². The second kappa shape index (κ2) is 6.34. The summed E-state index contributed by atoms with van der Waals surface area (Å²) < 4.78 is 24.3. The van der Waals surface area contributed by atoms with E-state index in [2.05, 4.69) is 0 Å². The van der Waals surface area contributed by atoms with Crippen LogP contribution in [0, 0.1) is 5.82 Å². The Labute approximate surface area is 122 Å². The maximum absolute atomic E-state index is 13.5. The Morgan fingerprint density at radius 1 is 1.20 bits per heavy atom. The first-order chi connectivity index (χ1) is 9.61. The lowest BCUT2D eigenvalue weighted by atomic mass is 10.1. The van der Waals surface area contributed by atoms with Gasteiger partial charge in [0, 0.05) is 5.56 Å². The van der Waals surface area contributed by atoms with Crippen molar-refractivity contribution in [2.75, 3.05) is 7.11 Å². The van der Waals surface area contributed by atoms with Crippen molar-refractivity contribution < 1.29 is 13.9 Å². The van der Waals surface area contributed by atoms with Gasteiger partial charge >= 0.3 is 0 Å². The van der Waals surface area contributed by atoms with E-state index < -0.39 is 5.82 Å². The molecule has 0 radical (unpaired) electrons. The highest BCUT2D eigenvalue weighted by molar-refractivity contribution is 7.80. The molecule has 0 amide bonds. The summed E-state index contributed by atoms with van der Waals surface area (Å²) in [6.45, 7) is 0.274. The molecule has 20 heavy (non-hydrogen) atoms. The second-order valence-electron chi connectivity index (χ2n) is 4.12. The third kappa shape index (κ3) is 3.24. The third-order valence-electron chi connectivity index (χ3n) is 2.76. The minimum absolute atomic E-state index is 0.0293. The van der Waals surface area contributed by atoms with Crippen molar-refractivity contribution in [1.82, 2.24) is 0 Å². The molecule has 0 fully saturated rings. The van der Waals surface area contributed by atoms with Gasteiger partial charge in [0.2, 0.25) is 0 Å². The number of halogens is 1. The average Bonchev–Trinajstić information content (AvgIpc) is 2.46. The quantitative estimate of drug-likeness (QED) is 0.860. The molecule has 0 saturated heterocycles. The average molecular weight is 291 g/mol. The van der Waals surface area contributed by atoms with Crippen LogP contribution >= 0.6 is 12.2 Å². The zero-order valence-corrected chi connectivity index (χ0v) is 11.7. The molecule has 104 valence electrons. The smallest absolute Gasteiger partial charge is 0.161 e. The number of nitrogens with two attached hydrogens (primary N) is 1. The van der Waals surface area contributed by atoms with E-state index in [1.54, 1.807) is 31.4 Å². The topological polar surface area (TPSA) is 44.5 Å². The number of para-hydroxylation sites is 2. The van der Waals surface area contributed by atoms with Crippen molar-refractivity contribution >= 4 is 17.2 Å². The molecule has 2 aromatic rings. The third-order valence-corrected chi connectivity index (χ3v) is 2.98. The van der Waals surface area contributed by atoms with Crippen LogP contribution in [-0.2, 0) is 6.61 Å². The molecular formula is C15H14FNO2S. The second-order valence-corrected chi connectivity index (χ2v) is 4.56. The maximum atomic E-state index is 13.5. The highest BCUT2D eigenvalue weighted by atomic mass is 32.1. The first-order valence-electron chi connectivity index (χ1n) is 5.96. The van der Waals surface area contributed by atoms with Crippen LogP contribution in [0.25, 0.3) is 0 Å². The van der Waals surface area contributed by atoms with Gasteiger partial charge in [-0.1, -0.05) is 30.4 Å². The van der Waals surface area contributed by atoms with E-state index in [0.717, 1.165) is 5.56 Å². The van der Waals surface area contributed by atoms with Gasteiger partial charge in [0.05, 0.1) is 7.11 Å². The van der Waals surface area contributed by atoms with Gasteiger partial charge in [0.15, 0.2) is 11.5 Å². The van der Waals surface area contributed by atoms with Gasteiger partial charge in [0.25, 0.3) is 0 Å². The number of benzene rings is 2. The lowest BCUT2D eigenvalue weighted by molar-refractivity contribution is 0.284. The van der Waals surface area contributed by atoms with Gasteiger partial charge in [0.1, 0.15) is 17.4 Å². The van der Waals surface area contributed by atoms with E-state index in [1.165, 1.54) is 6.07 Å².